The van der Waals surface area contributed by atoms with Gasteiger partial charge in [-0.3, -0.25) is 4.55 Å². The van der Waals surface area contributed by atoms with E-state index in [1.54, 1.807) is 83.5 Å². The summed E-state index contributed by atoms with van der Waals surface area (Å²) in [7, 11) is -0.755. The highest BCUT2D eigenvalue weighted by Crippen LogP contribution is 2.25. The summed E-state index contributed by atoms with van der Waals surface area (Å²) in [5.41, 5.74) is 26.1. The number of aromatic amines is 4. The number of aromatic hydroxyl groups is 1. The van der Waals surface area contributed by atoms with Crippen LogP contribution in [0.4, 0.5) is 25.0 Å². The molecular weight excluding hydrogens is 1260 g/mol. The number of halogens is 2. The number of alkyl carbamates (subject to hydrolysis) is 1. The number of H-pyrrole nitrogens is 4. The van der Waals surface area contributed by atoms with Crippen LogP contribution in [0.1, 0.15) is 129 Å². The number of unbranched alkanes of at least 4 members (excludes halogenated alkanes) is 4. The highest BCUT2D eigenvalue weighted by atomic mass is 32.2. The number of hydrogen-bond acceptors (Lipinski definition) is 16. The number of nitrogens with two attached hydrogens (primary N) is 3. The molecule has 0 radical (unpaired) electrons. The monoisotopic (exact) mass is 1360 g/mol. The van der Waals surface area contributed by atoms with Gasteiger partial charge in [0.15, 0.2) is 0 Å². The number of nitrogen functional groups attached to an aromatic ring is 2. The Hall–Kier alpha value is -9.72. The summed E-state index contributed by atoms with van der Waals surface area (Å²) in [6.07, 6.45) is 13.3. The van der Waals surface area contributed by atoms with Crippen molar-refractivity contribution in [3.05, 3.63) is 168 Å². The molecule has 0 aliphatic heterocycles. The molecule has 25 heteroatoms. The van der Waals surface area contributed by atoms with Gasteiger partial charge >= 0.3 is 6.09 Å². The summed E-state index contributed by atoms with van der Waals surface area (Å²) in [6, 6.07) is 33.4. The number of carbonyl (C=O) groups excluding carboxylic acids is 1. The average Bonchev–Trinajstić information content (AvgIpc) is 1.73. The molecule has 1 amide bonds. The first kappa shape index (κ1) is 78.0. The lowest BCUT2D eigenvalue weighted by atomic mass is 10.2. The minimum Gasteiger partial charge on any atom is -0.508 e. The number of aromatic nitrogens is 8. The van der Waals surface area contributed by atoms with Crippen molar-refractivity contribution in [1.82, 2.24) is 45.2 Å². The van der Waals surface area contributed by atoms with E-state index in [1.165, 1.54) is 31.4 Å². The molecule has 0 unspecified atom stereocenters. The molecule has 0 fully saturated rings. The fourth-order valence-corrected chi connectivity index (χ4v) is 9.31. The molecule has 97 heavy (non-hydrogen) atoms. The number of benzene rings is 6. The van der Waals surface area contributed by atoms with E-state index in [0.717, 1.165) is 142 Å². The van der Waals surface area contributed by atoms with Crippen molar-refractivity contribution in [2.24, 2.45) is 5.73 Å². The lowest BCUT2D eigenvalue weighted by Crippen LogP contribution is -2.34. The van der Waals surface area contributed by atoms with Crippen molar-refractivity contribution >= 4 is 71.7 Å². The molecule has 10 aromatic rings. The van der Waals surface area contributed by atoms with E-state index in [1.807, 2.05) is 61.5 Å². The topological polar surface area (TPSA) is 343 Å². The van der Waals surface area contributed by atoms with Gasteiger partial charge in [-0.1, -0.05) is 71.1 Å². The van der Waals surface area contributed by atoms with Gasteiger partial charge in [0.2, 0.25) is 0 Å². The molecule has 10 rings (SSSR count). The second kappa shape index (κ2) is 40.0. The molecule has 0 saturated carbocycles. The van der Waals surface area contributed by atoms with Crippen LogP contribution in [0.3, 0.4) is 0 Å². The first-order valence-corrected chi connectivity index (χ1v) is 33.8. The molecule has 22 nitrogen and oxygen atoms in total. The molecule has 0 saturated heterocycles. The van der Waals surface area contributed by atoms with Gasteiger partial charge in [0.05, 0.1) is 87.3 Å². The smallest absolute Gasteiger partial charge is 0.407 e. The number of nitrogens with zero attached hydrogens (tertiary/aromatic N) is 4. The molecule has 524 valence electrons. The third kappa shape index (κ3) is 27.5. The number of nitrogens with one attached hydrogen (secondary N) is 5. The number of carbonyl (C=O) groups is 1. The Morgan fingerprint density at radius 1 is 0.557 bits per heavy atom. The maximum atomic E-state index is 13.1. The maximum Gasteiger partial charge on any atom is 0.407 e. The van der Waals surface area contributed by atoms with E-state index in [-0.39, 0.29) is 36.9 Å². The number of ether oxygens (including phenoxy) is 5. The number of hydrogen-bond donors (Lipinski definition) is 10. The zero-order chi connectivity index (χ0) is 70.9. The second-order valence-corrected chi connectivity index (χ2v) is 25.0. The molecule has 0 atom stereocenters. The van der Waals surface area contributed by atoms with E-state index in [2.05, 4.69) is 72.9 Å². The van der Waals surface area contributed by atoms with E-state index in [4.69, 9.17) is 45.4 Å². The van der Waals surface area contributed by atoms with Crippen LogP contribution in [0.15, 0.2) is 144 Å². The van der Waals surface area contributed by atoms with Crippen LogP contribution in [0, 0.1) is 6.92 Å². The number of phenolic OH excluding ortho intramolecular Hbond substituents is 1. The lowest BCUT2D eigenvalue weighted by molar-refractivity contribution is 0.0531. The fourth-order valence-electron chi connectivity index (χ4n) is 8.83. The quantitative estimate of drug-likeness (QED) is 0.0198. The van der Waals surface area contributed by atoms with Crippen LogP contribution in [0.25, 0.3) is 44.1 Å². The van der Waals surface area contributed by atoms with Crippen LogP contribution in [-0.2, 0) is 40.5 Å². The SMILES string of the molecule is CCCCc1nc2ccc(O)cc2[nH]1.CCCCc1nc2ccc(OC)cc2[nH]1.CCCCc1nc2ccc(OC/C(=C/F)CN)cc2[nH]1.CCCCc1nc2ccc(OC/C(=C/F)CNC(=O)OC(C)(C)C)cc2[nH]1.COc1ccc(N)c(N)c1.Cc1ccc(S(=O)(=O)O)cc1. The van der Waals surface area contributed by atoms with Gasteiger partial charge < -0.3 is 71.2 Å². The molecule has 6 aromatic carbocycles. The standard InChI is InChI=1S/C20H28FN3O3.C15H20FN3O.C12H16N2O.C11H14N2O.C7H10N2O.C7H8O3S/c1-5-6-7-18-23-16-9-8-15(10-17(16)24-18)26-13-14(11-21)12-22-19(25)27-20(2,3)4;1-2-3-4-15-18-13-6-5-12(7-14(13)19-15)20-10-11(8-16)9-17;1-3-4-5-12-13-10-7-6-9(15-2)8-11(10)14-12;1-2-3-4-11-12-9-6-5-8(14)7-10(9)13-11;1-10-5-2-3-6(8)7(9)4-5;1-6-2-4-7(5-3-6)11(8,9)10/h8-11H,5-7,12-13H2,1-4H3,(H,22,25)(H,23,24);5-8H,2-4,9-10,17H2,1H3,(H,18,19);6-8H,3-5H2,1-2H3,(H,13,14);5-7,14H,2-4H2,1H3,(H,12,13);2-4H,8-9H2,1H3;2-5H,1H3,(H,8,9,10)/b14-11+;11-8+;;;;. The summed E-state index contributed by atoms with van der Waals surface area (Å²) in [6.45, 7) is 16.1. The molecule has 0 aliphatic rings. The van der Waals surface area contributed by atoms with Crippen LogP contribution < -0.4 is 41.5 Å². The van der Waals surface area contributed by atoms with Crippen LogP contribution >= 0.6 is 0 Å². The molecule has 0 aliphatic carbocycles. The minimum atomic E-state index is -4.02. The van der Waals surface area contributed by atoms with E-state index in [9.17, 15) is 27.1 Å². The van der Waals surface area contributed by atoms with Gasteiger partial charge in [0.1, 0.15) is 70.9 Å². The van der Waals surface area contributed by atoms with Crippen molar-refractivity contribution in [3.63, 3.8) is 0 Å². The van der Waals surface area contributed by atoms with Gasteiger partial charge in [-0.2, -0.15) is 8.42 Å². The molecule has 0 bridgehead atoms. The van der Waals surface area contributed by atoms with Crippen molar-refractivity contribution in [2.45, 2.75) is 143 Å². The number of amides is 1. The summed E-state index contributed by atoms with van der Waals surface area (Å²) in [4.78, 5) is 42.6. The predicted molar refractivity (Wildman–Crippen MR) is 383 cm³/mol. The van der Waals surface area contributed by atoms with E-state index < -0.39 is 21.8 Å². The number of rotatable bonds is 24. The van der Waals surface area contributed by atoms with Crippen LogP contribution in [0.2, 0.25) is 0 Å². The number of phenols is 1. The summed E-state index contributed by atoms with van der Waals surface area (Å²) >= 11 is 0. The van der Waals surface area contributed by atoms with Crippen molar-refractivity contribution in [3.8, 4) is 28.7 Å². The number of aryl methyl sites for hydroxylation is 5. The third-order valence-electron chi connectivity index (χ3n) is 14.2. The number of methoxy groups -OCH3 is 2. The van der Waals surface area contributed by atoms with Crippen LogP contribution in [0.5, 0.6) is 28.7 Å². The third-order valence-corrected chi connectivity index (χ3v) is 15.1. The molecule has 4 aromatic heterocycles. The van der Waals surface area contributed by atoms with Gasteiger partial charge in [-0.05, 0) is 126 Å². The highest BCUT2D eigenvalue weighted by molar-refractivity contribution is 7.85. The Kier molecular flexibility index (Phi) is 32.1. The first-order chi connectivity index (χ1) is 46.4. The summed E-state index contributed by atoms with van der Waals surface area (Å²) in [5.74, 6) is 7.18. The van der Waals surface area contributed by atoms with Gasteiger partial charge in [-0.25, -0.2) is 33.5 Å². The maximum absolute atomic E-state index is 13.1. The van der Waals surface area contributed by atoms with Gasteiger partial charge in [0.25, 0.3) is 10.1 Å². The zero-order valence-electron chi connectivity index (χ0n) is 57.3. The van der Waals surface area contributed by atoms with Gasteiger partial charge in [-0.15, -0.1) is 0 Å². The Bertz CT molecular complexity index is 4200. The predicted octanol–water partition coefficient (Wildman–Crippen LogP) is 15.4. The number of imidazole rings is 4. The highest BCUT2D eigenvalue weighted by Gasteiger charge is 2.17. The van der Waals surface area contributed by atoms with Crippen LogP contribution in [-0.4, -0.2) is 110 Å². The van der Waals surface area contributed by atoms with Gasteiger partial charge in [0, 0.05) is 80.3 Å². The normalized spacial score (nSPS) is 11.4. The Balaban J connectivity index is 0.000000217. The van der Waals surface area contributed by atoms with E-state index >= 15 is 0 Å². The largest absolute Gasteiger partial charge is 0.508 e. The number of anilines is 2. The molecular formula is C72H96F2N12O10S. The second-order valence-electron chi connectivity index (χ2n) is 23.5. The zero-order valence-corrected chi connectivity index (χ0v) is 58.1. The summed E-state index contributed by atoms with van der Waals surface area (Å²) in [5, 5.41) is 11.8. The minimum absolute atomic E-state index is 0.0128. The number of fused-ring (bicyclic) bond motifs is 4. The molecule has 4 heterocycles. The Morgan fingerprint density at radius 2 is 0.938 bits per heavy atom. The van der Waals surface area contributed by atoms with Crippen molar-refractivity contribution in [2.75, 3.05) is 52.0 Å². The van der Waals surface area contributed by atoms with Crippen molar-refractivity contribution in [1.29, 1.82) is 0 Å². The molecule has 13 N–H and O–H groups in total. The van der Waals surface area contributed by atoms with E-state index in [0.29, 0.717) is 46.7 Å². The summed E-state index contributed by atoms with van der Waals surface area (Å²) < 4.78 is 81.4. The lowest BCUT2D eigenvalue weighted by Gasteiger charge is -2.20. The Labute approximate surface area is 567 Å². The van der Waals surface area contributed by atoms with Crippen molar-refractivity contribution < 1.29 is 55.3 Å². The molecule has 0 spiro atoms. The average molecular weight is 1360 g/mol. The Morgan fingerprint density at radius 3 is 1.32 bits per heavy atom. The fraction of sp³-hybridized carbons (Fsp3) is 0.375. The first-order valence-electron chi connectivity index (χ1n) is 32.3.